The fraction of sp³-hybridized carbons (Fsp3) is 0.462. The van der Waals surface area contributed by atoms with Crippen molar-refractivity contribution in [1.29, 1.82) is 0 Å². The Kier molecular flexibility index (Phi) is 5.11. The predicted molar refractivity (Wildman–Crippen MR) is 121 cm³/mol. The Labute approximate surface area is 189 Å². The molecule has 1 atom stereocenters. The number of carbonyl (C=O) groups is 2. The van der Waals surface area contributed by atoms with Crippen molar-refractivity contribution in [3.05, 3.63) is 59.7 Å². The van der Waals surface area contributed by atoms with Gasteiger partial charge in [-0.15, -0.1) is 0 Å². The molecule has 1 aliphatic carbocycles. The lowest BCUT2D eigenvalue weighted by atomic mass is 9.88. The lowest BCUT2D eigenvalue weighted by Gasteiger charge is -2.44. The molecule has 1 saturated heterocycles. The van der Waals surface area contributed by atoms with Gasteiger partial charge in [0.15, 0.2) is 0 Å². The minimum absolute atomic E-state index is 0.0167. The first-order valence-electron chi connectivity index (χ1n) is 11.4. The molecule has 6 nitrogen and oxygen atoms in total. The lowest BCUT2D eigenvalue weighted by molar-refractivity contribution is -0.142. The summed E-state index contributed by atoms with van der Waals surface area (Å²) in [5.41, 5.74) is 1.05. The molecule has 0 bridgehead atoms. The topological polar surface area (TPSA) is 59.1 Å². The predicted octanol–water partition coefficient (Wildman–Crippen LogP) is 3.53. The summed E-state index contributed by atoms with van der Waals surface area (Å²) >= 11 is 0. The third kappa shape index (κ3) is 3.61. The van der Waals surface area contributed by atoms with Crippen LogP contribution in [0.2, 0.25) is 0 Å². The maximum absolute atomic E-state index is 13.7. The lowest BCUT2D eigenvalue weighted by Crippen LogP contribution is -2.59. The van der Waals surface area contributed by atoms with Crippen LogP contribution in [0.1, 0.15) is 43.7 Å². The number of hydrogen-bond acceptors (Lipinski definition) is 4. The highest BCUT2D eigenvalue weighted by atomic mass is 16.5. The Morgan fingerprint density at radius 2 is 1.75 bits per heavy atom. The quantitative estimate of drug-likeness (QED) is 0.742. The molecule has 32 heavy (non-hydrogen) atoms. The molecule has 6 heteroatoms. The van der Waals surface area contributed by atoms with E-state index in [1.165, 1.54) is 0 Å². The monoisotopic (exact) mass is 434 g/mol. The first-order valence-corrected chi connectivity index (χ1v) is 11.4. The van der Waals surface area contributed by atoms with Crippen molar-refractivity contribution < 1.29 is 19.1 Å². The van der Waals surface area contributed by atoms with E-state index >= 15 is 0 Å². The van der Waals surface area contributed by atoms with Crippen LogP contribution in [-0.4, -0.2) is 54.0 Å². The molecule has 1 spiro atoms. The second-order valence-electron chi connectivity index (χ2n) is 9.41. The number of fused-ring (bicyclic) bond motifs is 1. The van der Waals surface area contributed by atoms with E-state index in [4.69, 9.17) is 9.47 Å². The third-order valence-corrected chi connectivity index (χ3v) is 7.20. The Morgan fingerprint density at radius 3 is 2.44 bits per heavy atom. The van der Waals surface area contributed by atoms with E-state index in [0.29, 0.717) is 19.6 Å². The highest BCUT2D eigenvalue weighted by Gasteiger charge is 2.55. The largest absolute Gasteiger partial charge is 0.497 e. The van der Waals surface area contributed by atoms with Gasteiger partial charge in [0.2, 0.25) is 11.8 Å². The van der Waals surface area contributed by atoms with Crippen molar-refractivity contribution in [2.75, 3.05) is 26.7 Å². The van der Waals surface area contributed by atoms with Crippen LogP contribution in [0.4, 0.5) is 0 Å². The zero-order chi connectivity index (χ0) is 22.3. The molecule has 1 saturated carbocycles. The van der Waals surface area contributed by atoms with E-state index in [0.717, 1.165) is 54.9 Å². The minimum atomic E-state index is -0.621. The van der Waals surface area contributed by atoms with Crippen LogP contribution in [0, 0.1) is 0 Å². The summed E-state index contributed by atoms with van der Waals surface area (Å²) in [6, 6.07) is 15.9. The van der Waals surface area contributed by atoms with Gasteiger partial charge in [0.1, 0.15) is 17.1 Å². The van der Waals surface area contributed by atoms with Crippen molar-refractivity contribution >= 4 is 11.8 Å². The van der Waals surface area contributed by atoms with E-state index in [1.807, 2.05) is 46.2 Å². The van der Waals surface area contributed by atoms with E-state index in [-0.39, 0.29) is 11.8 Å². The SMILES string of the molecule is COc1ccc2c(c1)OC1(CCCN(C(=O)C3(c4ccccc4)CC3)C1)CN(C(C)=O)C2. The molecule has 2 aliphatic heterocycles. The molecule has 2 amide bonds. The second-order valence-corrected chi connectivity index (χ2v) is 9.41. The molecule has 2 aromatic carbocycles. The molecular formula is C26H30N2O4. The van der Waals surface area contributed by atoms with Crippen molar-refractivity contribution in [3.8, 4) is 11.5 Å². The average Bonchev–Trinajstić information content (AvgIpc) is 3.63. The normalized spacial score (nSPS) is 23.7. The van der Waals surface area contributed by atoms with Crippen molar-refractivity contribution in [3.63, 3.8) is 0 Å². The molecule has 1 unspecified atom stereocenters. The zero-order valence-corrected chi connectivity index (χ0v) is 18.8. The number of hydrogen-bond donors (Lipinski definition) is 0. The first-order chi connectivity index (χ1) is 15.4. The number of carbonyl (C=O) groups excluding carboxylic acids is 2. The van der Waals surface area contributed by atoms with E-state index in [1.54, 1.807) is 14.0 Å². The molecular weight excluding hydrogens is 404 g/mol. The van der Waals surface area contributed by atoms with Gasteiger partial charge < -0.3 is 19.3 Å². The number of rotatable bonds is 3. The van der Waals surface area contributed by atoms with E-state index < -0.39 is 11.0 Å². The molecule has 5 rings (SSSR count). The Bertz CT molecular complexity index is 1030. The van der Waals surface area contributed by atoms with Gasteiger partial charge in [0.25, 0.3) is 0 Å². The van der Waals surface area contributed by atoms with Gasteiger partial charge >= 0.3 is 0 Å². The summed E-state index contributed by atoms with van der Waals surface area (Å²) in [6.45, 7) is 3.78. The van der Waals surface area contributed by atoms with E-state index in [2.05, 4.69) is 12.1 Å². The van der Waals surface area contributed by atoms with Gasteiger partial charge in [-0.1, -0.05) is 30.3 Å². The smallest absolute Gasteiger partial charge is 0.233 e. The number of nitrogens with zero attached hydrogens (tertiary/aromatic N) is 2. The Hall–Kier alpha value is -3.02. The zero-order valence-electron chi connectivity index (χ0n) is 18.8. The highest BCUT2D eigenvalue weighted by Crippen LogP contribution is 2.50. The fourth-order valence-electron chi connectivity index (χ4n) is 5.28. The van der Waals surface area contributed by atoms with Crippen LogP contribution in [0.15, 0.2) is 48.5 Å². The van der Waals surface area contributed by atoms with E-state index in [9.17, 15) is 9.59 Å². The van der Waals surface area contributed by atoms with Crippen LogP contribution in [-0.2, 0) is 21.5 Å². The maximum atomic E-state index is 13.7. The van der Waals surface area contributed by atoms with Crippen LogP contribution in [0.25, 0.3) is 0 Å². The minimum Gasteiger partial charge on any atom is -0.497 e. The molecule has 2 heterocycles. The summed E-state index contributed by atoms with van der Waals surface area (Å²) in [4.78, 5) is 30.0. The molecule has 0 radical (unpaired) electrons. The summed E-state index contributed by atoms with van der Waals surface area (Å²) in [6.07, 6.45) is 3.43. The van der Waals surface area contributed by atoms with Crippen molar-refractivity contribution in [1.82, 2.24) is 9.80 Å². The average molecular weight is 435 g/mol. The number of likely N-dealkylation sites (tertiary alicyclic amines) is 1. The number of ether oxygens (including phenoxy) is 2. The second kappa shape index (κ2) is 7.84. The summed E-state index contributed by atoms with van der Waals surface area (Å²) in [7, 11) is 1.63. The van der Waals surface area contributed by atoms with Gasteiger partial charge in [0.05, 0.1) is 25.6 Å². The van der Waals surface area contributed by atoms with Crippen molar-refractivity contribution in [2.24, 2.45) is 0 Å². The van der Waals surface area contributed by atoms with Crippen molar-refractivity contribution in [2.45, 2.75) is 50.2 Å². The Morgan fingerprint density at radius 1 is 1.00 bits per heavy atom. The number of piperidine rings is 1. The van der Waals surface area contributed by atoms with Gasteiger partial charge in [0, 0.05) is 31.6 Å². The number of amides is 2. The molecule has 168 valence electrons. The van der Waals surface area contributed by atoms with Crippen LogP contribution >= 0.6 is 0 Å². The first kappa shape index (κ1) is 20.9. The van der Waals surface area contributed by atoms with Gasteiger partial charge in [-0.2, -0.15) is 0 Å². The molecule has 2 fully saturated rings. The maximum Gasteiger partial charge on any atom is 0.233 e. The Balaban J connectivity index is 1.45. The summed E-state index contributed by atoms with van der Waals surface area (Å²) in [5, 5.41) is 0. The third-order valence-electron chi connectivity index (χ3n) is 7.20. The number of methoxy groups -OCH3 is 1. The van der Waals surface area contributed by atoms with Crippen LogP contribution in [0.3, 0.4) is 0 Å². The molecule has 3 aliphatic rings. The molecule has 0 aromatic heterocycles. The molecule has 0 N–H and O–H groups in total. The van der Waals surface area contributed by atoms with Gasteiger partial charge in [-0.05, 0) is 43.4 Å². The molecule has 2 aromatic rings. The summed E-state index contributed by atoms with van der Waals surface area (Å²) < 4.78 is 12.1. The van der Waals surface area contributed by atoms with Gasteiger partial charge in [-0.25, -0.2) is 0 Å². The van der Waals surface area contributed by atoms with Gasteiger partial charge in [-0.3, -0.25) is 9.59 Å². The number of benzene rings is 2. The van der Waals surface area contributed by atoms with Crippen LogP contribution in [0.5, 0.6) is 11.5 Å². The standard InChI is InChI=1S/C26H30N2O4/c1-19(29)28-16-20-9-10-22(31-2)15-23(20)32-25(18-28)11-6-14-27(17-25)24(30)26(12-13-26)21-7-4-3-5-8-21/h3-5,7-10,15H,6,11-14,16-18H2,1-2H3. The van der Waals surface area contributed by atoms with Crippen LogP contribution < -0.4 is 9.47 Å². The summed E-state index contributed by atoms with van der Waals surface area (Å²) in [5.74, 6) is 1.67. The highest BCUT2D eigenvalue weighted by molar-refractivity contribution is 5.91. The fourth-order valence-corrected chi connectivity index (χ4v) is 5.28.